The Kier molecular flexibility index (Phi) is 7.11. The summed E-state index contributed by atoms with van der Waals surface area (Å²) in [6.45, 7) is 0.110. The Morgan fingerprint density at radius 3 is 1.59 bits per heavy atom. The third-order valence-electron chi connectivity index (χ3n) is 5.55. The molecule has 4 aromatic carbocycles. The van der Waals surface area contributed by atoms with Gasteiger partial charge in [0.15, 0.2) is 6.29 Å². The summed E-state index contributed by atoms with van der Waals surface area (Å²) in [6.07, 6.45) is 0.592. The van der Waals surface area contributed by atoms with Gasteiger partial charge in [-0.1, -0.05) is 66.7 Å². The molecule has 0 fully saturated rings. The fourth-order valence-corrected chi connectivity index (χ4v) is 8.38. The zero-order valence-corrected chi connectivity index (χ0v) is 18.6. The summed E-state index contributed by atoms with van der Waals surface area (Å²) < 4.78 is 5.88. The van der Waals surface area contributed by atoms with E-state index in [1.807, 2.05) is 24.3 Å². The maximum absolute atomic E-state index is 11.3. The molecule has 0 saturated carbocycles. The quantitative estimate of drug-likeness (QED) is 0.312. The van der Waals surface area contributed by atoms with Crippen LogP contribution in [-0.4, -0.2) is 30.3 Å². The number of hydrogen-bond acceptors (Lipinski definition) is 3. The van der Waals surface area contributed by atoms with Gasteiger partial charge in [0.1, 0.15) is 47.8 Å². The van der Waals surface area contributed by atoms with E-state index in [2.05, 4.69) is 72.8 Å². The van der Waals surface area contributed by atoms with E-state index in [1.165, 1.54) is 15.9 Å². The molecule has 0 unspecified atom stereocenters. The van der Waals surface area contributed by atoms with E-state index >= 15 is 0 Å². The molecule has 1 atom stereocenters. The third kappa shape index (κ3) is 4.65. The SMILES string of the molecule is O=Cc1ccccc1OC[C@@H](O)C[P+](c1ccccc1)(c1ccccc1)c1ccccc1. The first-order valence-electron chi connectivity index (χ1n) is 10.6. The fraction of sp³-hybridized carbons (Fsp3) is 0.107. The van der Waals surface area contributed by atoms with Crippen molar-refractivity contribution in [3.63, 3.8) is 0 Å². The molecule has 0 amide bonds. The smallest absolute Gasteiger partial charge is 0.153 e. The lowest BCUT2D eigenvalue weighted by Gasteiger charge is -2.29. The lowest BCUT2D eigenvalue weighted by Crippen LogP contribution is -2.38. The van der Waals surface area contributed by atoms with Gasteiger partial charge in [-0.15, -0.1) is 0 Å². The Bertz CT molecular complexity index is 1030. The molecule has 0 bridgehead atoms. The maximum atomic E-state index is 11.3. The van der Waals surface area contributed by atoms with Crippen molar-refractivity contribution in [2.24, 2.45) is 0 Å². The summed E-state index contributed by atoms with van der Waals surface area (Å²) in [5.74, 6) is 0.490. The third-order valence-corrected chi connectivity index (χ3v) is 10.1. The van der Waals surface area contributed by atoms with Crippen molar-refractivity contribution in [3.05, 3.63) is 121 Å². The van der Waals surface area contributed by atoms with Crippen LogP contribution in [0.5, 0.6) is 5.75 Å². The lowest BCUT2D eigenvalue weighted by molar-refractivity contribution is 0.110. The first-order chi connectivity index (χ1) is 15.7. The zero-order chi connectivity index (χ0) is 22.2. The average molecular weight is 441 g/mol. The van der Waals surface area contributed by atoms with E-state index < -0.39 is 13.4 Å². The second kappa shape index (κ2) is 10.4. The van der Waals surface area contributed by atoms with Crippen LogP contribution in [0.1, 0.15) is 10.4 Å². The highest BCUT2D eigenvalue weighted by Crippen LogP contribution is 2.55. The highest BCUT2D eigenvalue weighted by atomic mass is 31.2. The van der Waals surface area contributed by atoms with Crippen LogP contribution in [-0.2, 0) is 0 Å². The number of hydrogen-bond donors (Lipinski definition) is 1. The predicted octanol–water partition coefficient (Wildman–Crippen LogP) is 4.23. The minimum Gasteiger partial charge on any atom is -0.490 e. The van der Waals surface area contributed by atoms with Crippen LogP contribution in [0, 0.1) is 0 Å². The van der Waals surface area contributed by atoms with Gasteiger partial charge in [-0.25, -0.2) is 0 Å². The Morgan fingerprint density at radius 2 is 1.12 bits per heavy atom. The standard InChI is InChI=1S/C28H26O3P/c29-20-23-12-10-11-19-28(23)31-21-24(30)22-32(25-13-4-1-5-14-25,26-15-6-2-7-16-26)27-17-8-3-9-18-27/h1-20,24,30H,21-22H2/q+1/t24-/m1/s1. The second-order valence-electron chi connectivity index (χ2n) is 7.62. The molecular weight excluding hydrogens is 415 g/mol. The summed E-state index contributed by atoms with van der Waals surface area (Å²) in [7, 11) is -2.15. The molecule has 0 heterocycles. The van der Waals surface area contributed by atoms with E-state index in [-0.39, 0.29) is 6.61 Å². The average Bonchev–Trinajstić information content (AvgIpc) is 2.88. The summed E-state index contributed by atoms with van der Waals surface area (Å²) in [5.41, 5.74) is 0.481. The number of carbonyl (C=O) groups excluding carboxylic acids is 1. The van der Waals surface area contributed by atoms with E-state index in [9.17, 15) is 9.90 Å². The van der Waals surface area contributed by atoms with E-state index in [0.29, 0.717) is 17.5 Å². The Morgan fingerprint density at radius 1 is 0.688 bits per heavy atom. The molecule has 4 heteroatoms. The van der Waals surface area contributed by atoms with Crippen molar-refractivity contribution in [2.75, 3.05) is 12.8 Å². The Labute approximate surface area is 189 Å². The molecular formula is C28H26O3P+. The number of aldehydes is 1. The molecule has 0 aliphatic heterocycles. The number of para-hydroxylation sites is 1. The van der Waals surface area contributed by atoms with Crippen molar-refractivity contribution in [3.8, 4) is 5.75 Å². The molecule has 0 radical (unpaired) electrons. The first-order valence-corrected chi connectivity index (χ1v) is 12.6. The first kappa shape index (κ1) is 22.0. The van der Waals surface area contributed by atoms with Gasteiger partial charge < -0.3 is 9.84 Å². The highest BCUT2D eigenvalue weighted by molar-refractivity contribution is 7.95. The van der Waals surface area contributed by atoms with Crippen LogP contribution < -0.4 is 20.7 Å². The van der Waals surface area contributed by atoms with Crippen LogP contribution in [0.25, 0.3) is 0 Å². The molecule has 0 aliphatic rings. The summed E-state index contributed by atoms with van der Waals surface area (Å²) in [5, 5.41) is 14.8. The molecule has 4 rings (SSSR count). The van der Waals surface area contributed by atoms with Crippen molar-refractivity contribution in [2.45, 2.75) is 6.10 Å². The second-order valence-corrected chi connectivity index (χ2v) is 11.2. The Balaban J connectivity index is 1.73. The van der Waals surface area contributed by atoms with E-state index in [1.54, 1.807) is 18.2 Å². The zero-order valence-electron chi connectivity index (χ0n) is 17.7. The lowest BCUT2D eigenvalue weighted by atomic mass is 10.2. The summed E-state index contributed by atoms with van der Waals surface area (Å²) >= 11 is 0. The molecule has 4 aromatic rings. The van der Waals surface area contributed by atoms with Crippen molar-refractivity contribution < 1.29 is 14.6 Å². The van der Waals surface area contributed by atoms with Gasteiger partial charge in [-0.2, -0.15) is 0 Å². The van der Waals surface area contributed by atoms with Crippen LogP contribution >= 0.6 is 7.26 Å². The van der Waals surface area contributed by atoms with Crippen molar-refractivity contribution in [1.29, 1.82) is 0 Å². The molecule has 160 valence electrons. The maximum Gasteiger partial charge on any atom is 0.153 e. The molecule has 3 nitrogen and oxygen atoms in total. The van der Waals surface area contributed by atoms with Crippen LogP contribution in [0.15, 0.2) is 115 Å². The molecule has 0 saturated heterocycles. The number of benzene rings is 4. The largest absolute Gasteiger partial charge is 0.490 e. The molecule has 0 aromatic heterocycles. The number of ether oxygens (including phenoxy) is 1. The number of aliphatic hydroxyl groups excluding tert-OH is 1. The Hall–Kier alpha value is -3.26. The number of rotatable bonds is 9. The van der Waals surface area contributed by atoms with Gasteiger partial charge >= 0.3 is 0 Å². The topological polar surface area (TPSA) is 46.5 Å². The van der Waals surface area contributed by atoms with Crippen molar-refractivity contribution in [1.82, 2.24) is 0 Å². The summed E-state index contributed by atoms with van der Waals surface area (Å²) in [4.78, 5) is 11.3. The van der Waals surface area contributed by atoms with Gasteiger partial charge in [0, 0.05) is 0 Å². The minimum atomic E-state index is -2.15. The monoisotopic (exact) mass is 441 g/mol. The van der Waals surface area contributed by atoms with Gasteiger partial charge in [0.05, 0.1) is 5.56 Å². The van der Waals surface area contributed by atoms with E-state index in [4.69, 9.17) is 4.74 Å². The molecule has 0 aliphatic carbocycles. The number of aliphatic hydroxyl groups is 1. The van der Waals surface area contributed by atoms with E-state index in [0.717, 1.165) is 6.29 Å². The summed E-state index contributed by atoms with van der Waals surface area (Å²) in [6, 6.07) is 38.4. The predicted molar refractivity (Wildman–Crippen MR) is 133 cm³/mol. The van der Waals surface area contributed by atoms with Crippen molar-refractivity contribution >= 4 is 29.5 Å². The highest BCUT2D eigenvalue weighted by Gasteiger charge is 2.46. The minimum absolute atomic E-state index is 0.110. The molecule has 1 N–H and O–H groups in total. The fourth-order valence-electron chi connectivity index (χ4n) is 4.08. The molecule has 0 spiro atoms. The van der Waals surface area contributed by atoms with Gasteiger partial charge in [-0.3, -0.25) is 4.79 Å². The van der Waals surface area contributed by atoms with Crippen LogP contribution in [0.3, 0.4) is 0 Å². The van der Waals surface area contributed by atoms with Gasteiger partial charge in [-0.05, 0) is 48.5 Å². The van der Waals surface area contributed by atoms with Gasteiger partial charge in [0.25, 0.3) is 0 Å². The normalized spacial score (nSPS) is 12.2. The number of carbonyl (C=O) groups is 1. The molecule has 32 heavy (non-hydrogen) atoms. The van der Waals surface area contributed by atoms with Crippen LogP contribution in [0.2, 0.25) is 0 Å². The van der Waals surface area contributed by atoms with Crippen LogP contribution in [0.4, 0.5) is 0 Å². The van der Waals surface area contributed by atoms with Gasteiger partial charge in [0.2, 0.25) is 0 Å².